The Hall–Kier alpha value is -1.26. The second-order valence-corrected chi connectivity index (χ2v) is 4.53. The number of carbonyl (C=O) groups excluding carboxylic acids is 1. The predicted molar refractivity (Wildman–Crippen MR) is 75.8 cm³/mol. The van der Waals surface area contributed by atoms with Crippen LogP contribution < -0.4 is 10.5 Å². The predicted octanol–water partition coefficient (Wildman–Crippen LogP) is 1.87. The maximum atomic E-state index is 11.2. The lowest BCUT2D eigenvalue weighted by Gasteiger charge is -2.21. The molecule has 0 unspecified atom stereocenters. The van der Waals surface area contributed by atoms with E-state index in [1.165, 1.54) is 11.1 Å². The van der Waals surface area contributed by atoms with Crippen molar-refractivity contribution in [3.8, 4) is 5.75 Å². The molecule has 4 nitrogen and oxygen atoms in total. The normalized spacial score (nSPS) is 17.1. The molecule has 106 valence electrons. The average Bonchev–Trinajstić information content (AvgIpc) is 2.36. The van der Waals surface area contributed by atoms with E-state index in [4.69, 9.17) is 15.2 Å². The summed E-state index contributed by atoms with van der Waals surface area (Å²) in [5.74, 6) is 0.364. The first kappa shape index (κ1) is 15.8. The van der Waals surface area contributed by atoms with E-state index in [2.05, 4.69) is 6.07 Å². The average molecular weight is 286 g/mol. The number of benzene rings is 1. The zero-order valence-electron chi connectivity index (χ0n) is 11.1. The van der Waals surface area contributed by atoms with Crippen LogP contribution in [-0.2, 0) is 22.4 Å². The Balaban J connectivity index is 0.00000180. The number of fused-ring (bicyclic) bond motifs is 1. The minimum atomic E-state index is -0.341. The third-order valence-corrected chi connectivity index (χ3v) is 3.11. The van der Waals surface area contributed by atoms with Crippen LogP contribution in [0, 0.1) is 0 Å². The van der Waals surface area contributed by atoms with Gasteiger partial charge in [-0.1, -0.05) is 6.07 Å². The molecule has 1 aromatic carbocycles. The lowest BCUT2D eigenvalue weighted by Crippen LogP contribution is -2.27. The molecule has 0 aromatic heterocycles. The van der Waals surface area contributed by atoms with E-state index in [9.17, 15) is 4.79 Å². The molecule has 0 fully saturated rings. The lowest BCUT2D eigenvalue weighted by molar-refractivity contribution is -0.145. The van der Waals surface area contributed by atoms with Crippen molar-refractivity contribution in [3.63, 3.8) is 0 Å². The number of hydrogen-bond acceptors (Lipinski definition) is 4. The third kappa shape index (κ3) is 4.40. The second-order valence-electron chi connectivity index (χ2n) is 4.53. The number of hydrogen-bond donors (Lipinski definition) is 1. The van der Waals surface area contributed by atoms with Gasteiger partial charge in [0.1, 0.15) is 5.75 Å². The molecule has 0 amide bonds. The summed E-state index contributed by atoms with van der Waals surface area (Å²) in [5, 5.41) is 0. The van der Waals surface area contributed by atoms with Crippen molar-refractivity contribution >= 4 is 18.4 Å². The van der Waals surface area contributed by atoms with Gasteiger partial charge in [0.2, 0.25) is 0 Å². The number of esters is 1. The summed E-state index contributed by atoms with van der Waals surface area (Å²) in [5.41, 5.74) is 8.51. The molecule has 1 aromatic rings. The fourth-order valence-corrected chi connectivity index (χ4v) is 2.20. The molecule has 0 saturated carbocycles. The summed E-state index contributed by atoms with van der Waals surface area (Å²) >= 11 is 0. The zero-order chi connectivity index (χ0) is 13.0. The van der Waals surface area contributed by atoms with E-state index in [0.717, 1.165) is 19.3 Å². The van der Waals surface area contributed by atoms with Gasteiger partial charge in [0.15, 0.2) is 6.61 Å². The van der Waals surface area contributed by atoms with Gasteiger partial charge in [-0.15, -0.1) is 12.4 Å². The van der Waals surface area contributed by atoms with Crippen LogP contribution in [0.4, 0.5) is 0 Å². The number of carbonyl (C=O) groups is 1. The highest BCUT2D eigenvalue weighted by Crippen LogP contribution is 2.24. The van der Waals surface area contributed by atoms with Crippen molar-refractivity contribution in [1.82, 2.24) is 0 Å². The third-order valence-electron chi connectivity index (χ3n) is 3.11. The molecule has 0 radical (unpaired) electrons. The quantitative estimate of drug-likeness (QED) is 0.858. The standard InChI is InChI=1S/C14H19NO3.ClH/c1-2-17-14(16)9-18-13-6-4-10-3-5-12(15)7-11(10)8-13;/h4,6,8,12H,2-3,5,7,9,15H2,1H3;1H/t12-;/m1./s1. The molecule has 1 aliphatic carbocycles. The monoisotopic (exact) mass is 285 g/mol. The number of rotatable bonds is 4. The Bertz CT molecular complexity index is 437. The van der Waals surface area contributed by atoms with Gasteiger partial charge in [-0.2, -0.15) is 0 Å². The first-order chi connectivity index (χ1) is 8.69. The summed E-state index contributed by atoms with van der Waals surface area (Å²) in [7, 11) is 0. The van der Waals surface area contributed by atoms with Gasteiger partial charge < -0.3 is 15.2 Å². The van der Waals surface area contributed by atoms with Crippen LogP contribution in [0.5, 0.6) is 5.75 Å². The highest BCUT2D eigenvalue weighted by atomic mass is 35.5. The van der Waals surface area contributed by atoms with Crippen LogP contribution in [0.25, 0.3) is 0 Å². The molecule has 1 aliphatic rings. The molecule has 2 rings (SSSR count). The fraction of sp³-hybridized carbons (Fsp3) is 0.500. The Kier molecular flexibility index (Phi) is 6.12. The summed E-state index contributed by atoms with van der Waals surface area (Å²) in [6.07, 6.45) is 2.94. The van der Waals surface area contributed by atoms with Gasteiger partial charge in [-0.05, 0) is 49.4 Å². The zero-order valence-corrected chi connectivity index (χ0v) is 11.9. The molecule has 0 heterocycles. The lowest BCUT2D eigenvalue weighted by atomic mass is 9.89. The molecule has 0 aliphatic heterocycles. The van der Waals surface area contributed by atoms with Crippen molar-refractivity contribution in [3.05, 3.63) is 29.3 Å². The fourth-order valence-electron chi connectivity index (χ4n) is 2.20. The molecule has 19 heavy (non-hydrogen) atoms. The highest BCUT2D eigenvalue weighted by Gasteiger charge is 2.16. The van der Waals surface area contributed by atoms with Crippen molar-refractivity contribution in [2.45, 2.75) is 32.2 Å². The Morgan fingerprint density at radius 2 is 2.21 bits per heavy atom. The van der Waals surface area contributed by atoms with Crippen LogP contribution in [0.1, 0.15) is 24.5 Å². The van der Waals surface area contributed by atoms with Crippen molar-refractivity contribution in [2.24, 2.45) is 5.73 Å². The van der Waals surface area contributed by atoms with E-state index in [0.29, 0.717) is 12.4 Å². The topological polar surface area (TPSA) is 61.5 Å². The Morgan fingerprint density at radius 1 is 1.42 bits per heavy atom. The number of halogens is 1. The number of aryl methyl sites for hydroxylation is 1. The Labute approximate surface area is 119 Å². The number of ether oxygens (including phenoxy) is 2. The summed E-state index contributed by atoms with van der Waals surface area (Å²) in [6.45, 7) is 2.11. The molecule has 2 N–H and O–H groups in total. The molecular formula is C14H20ClNO3. The molecule has 1 atom stereocenters. The molecule has 0 saturated heterocycles. The van der Waals surface area contributed by atoms with Gasteiger partial charge in [-0.25, -0.2) is 4.79 Å². The van der Waals surface area contributed by atoms with E-state index in [1.54, 1.807) is 6.92 Å². The van der Waals surface area contributed by atoms with Gasteiger partial charge in [0.05, 0.1) is 6.61 Å². The van der Waals surface area contributed by atoms with Gasteiger partial charge in [0, 0.05) is 6.04 Å². The minimum Gasteiger partial charge on any atom is -0.482 e. The Morgan fingerprint density at radius 3 is 2.95 bits per heavy atom. The first-order valence-electron chi connectivity index (χ1n) is 6.35. The second kappa shape index (κ2) is 7.36. The van der Waals surface area contributed by atoms with E-state index < -0.39 is 0 Å². The van der Waals surface area contributed by atoms with Gasteiger partial charge in [0.25, 0.3) is 0 Å². The maximum absolute atomic E-state index is 11.2. The first-order valence-corrected chi connectivity index (χ1v) is 6.35. The number of nitrogens with two attached hydrogens (primary N) is 1. The van der Waals surface area contributed by atoms with Gasteiger partial charge in [-0.3, -0.25) is 0 Å². The summed E-state index contributed by atoms with van der Waals surface area (Å²) < 4.78 is 10.2. The van der Waals surface area contributed by atoms with Crippen molar-refractivity contribution in [2.75, 3.05) is 13.2 Å². The maximum Gasteiger partial charge on any atom is 0.344 e. The molecule has 5 heteroatoms. The molecular weight excluding hydrogens is 266 g/mol. The van der Waals surface area contributed by atoms with Crippen LogP contribution in [0.2, 0.25) is 0 Å². The van der Waals surface area contributed by atoms with E-state index in [-0.39, 0.29) is 31.0 Å². The van der Waals surface area contributed by atoms with E-state index >= 15 is 0 Å². The molecule has 0 spiro atoms. The summed E-state index contributed by atoms with van der Waals surface area (Å²) in [6, 6.07) is 6.17. The van der Waals surface area contributed by atoms with Crippen LogP contribution in [0.3, 0.4) is 0 Å². The van der Waals surface area contributed by atoms with Crippen molar-refractivity contribution in [1.29, 1.82) is 0 Å². The van der Waals surface area contributed by atoms with Crippen molar-refractivity contribution < 1.29 is 14.3 Å². The summed E-state index contributed by atoms with van der Waals surface area (Å²) in [4.78, 5) is 11.2. The molecule has 0 bridgehead atoms. The smallest absolute Gasteiger partial charge is 0.344 e. The largest absolute Gasteiger partial charge is 0.482 e. The minimum absolute atomic E-state index is 0. The highest BCUT2D eigenvalue weighted by molar-refractivity contribution is 5.85. The van der Waals surface area contributed by atoms with E-state index in [1.807, 2.05) is 12.1 Å². The van der Waals surface area contributed by atoms with Crippen LogP contribution in [0.15, 0.2) is 18.2 Å². The van der Waals surface area contributed by atoms with Crippen LogP contribution >= 0.6 is 12.4 Å². The SMILES string of the molecule is CCOC(=O)COc1ccc2c(c1)C[C@H](N)CC2.Cl. The van der Waals surface area contributed by atoms with Gasteiger partial charge >= 0.3 is 5.97 Å². The van der Waals surface area contributed by atoms with Crippen LogP contribution in [-0.4, -0.2) is 25.2 Å².